The molecule has 0 atom stereocenters. The van der Waals surface area contributed by atoms with E-state index in [0.29, 0.717) is 0 Å². The molecule has 46 heavy (non-hydrogen) atoms. The van der Waals surface area contributed by atoms with Crippen LogP contribution in [-0.2, 0) is 0 Å². The average Bonchev–Trinajstić information content (AvgIpc) is 3.68. The zero-order valence-corrected chi connectivity index (χ0v) is 24.8. The molecular weight excluding hydrogens is 560 g/mol. The number of benzene rings is 8. The number of hydrogen-bond acceptors (Lipinski definition) is 2. The van der Waals surface area contributed by atoms with Crippen LogP contribution in [0.3, 0.4) is 0 Å². The quantitative estimate of drug-likeness (QED) is 0.193. The van der Waals surface area contributed by atoms with E-state index in [4.69, 9.17) is 8.83 Å². The summed E-state index contributed by atoms with van der Waals surface area (Å²) in [4.78, 5) is 0. The van der Waals surface area contributed by atoms with Crippen molar-refractivity contribution in [1.29, 1.82) is 0 Å². The lowest BCUT2D eigenvalue weighted by molar-refractivity contribution is 0.664. The highest BCUT2D eigenvalue weighted by Gasteiger charge is 2.22. The maximum absolute atomic E-state index is 6.67. The van der Waals surface area contributed by atoms with Gasteiger partial charge < -0.3 is 8.83 Å². The third-order valence-electron chi connectivity index (χ3n) is 9.44. The minimum Gasteiger partial charge on any atom is -0.456 e. The maximum atomic E-state index is 6.67. The summed E-state index contributed by atoms with van der Waals surface area (Å²) in [6, 6.07) is 56.0. The van der Waals surface area contributed by atoms with Crippen LogP contribution in [0.4, 0.5) is 0 Å². The summed E-state index contributed by atoms with van der Waals surface area (Å²) in [6.07, 6.45) is 0. The molecule has 2 nitrogen and oxygen atoms in total. The average molecular weight is 587 g/mol. The van der Waals surface area contributed by atoms with E-state index in [1.54, 1.807) is 0 Å². The van der Waals surface area contributed by atoms with Gasteiger partial charge in [-0.2, -0.15) is 0 Å². The maximum Gasteiger partial charge on any atom is 0.144 e. The van der Waals surface area contributed by atoms with Crippen molar-refractivity contribution in [2.24, 2.45) is 0 Å². The van der Waals surface area contributed by atoms with Crippen LogP contribution >= 0.6 is 0 Å². The van der Waals surface area contributed by atoms with Gasteiger partial charge in [-0.3, -0.25) is 0 Å². The number of fused-ring (bicyclic) bond motifs is 8. The zero-order valence-electron chi connectivity index (χ0n) is 24.8. The normalized spacial score (nSPS) is 11.9. The Morgan fingerprint density at radius 1 is 0.283 bits per heavy atom. The predicted molar refractivity (Wildman–Crippen MR) is 192 cm³/mol. The zero-order chi connectivity index (χ0) is 30.2. The van der Waals surface area contributed by atoms with Crippen LogP contribution in [0, 0.1) is 0 Å². The second-order valence-electron chi connectivity index (χ2n) is 12.0. The van der Waals surface area contributed by atoms with Crippen LogP contribution in [0.1, 0.15) is 0 Å². The molecule has 0 aliphatic carbocycles. The monoisotopic (exact) mass is 586 g/mol. The molecule has 10 aromatic rings. The van der Waals surface area contributed by atoms with Crippen molar-refractivity contribution in [3.63, 3.8) is 0 Å². The SMILES string of the molecule is c1ccc(-c2c3ccccc3c(-c3cccc(-c4c5oc6ccccc6c5cc5oc6ccccc6c45)c3)c3ccccc23)cc1. The van der Waals surface area contributed by atoms with Crippen LogP contribution in [-0.4, -0.2) is 0 Å². The summed E-state index contributed by atoms with van der Waals surface area (Å²) in [6.45, 7) is 0. The van der Waals surface area contributed by atoms with Gasteiger partial charge in [0.05, 0.1) is 0 Å². The summed E-state index contributed by atoms with van der Waals surface area (Å²) >= 11 is 0. The van der Waals surface area contributed by atoms with Crippen LogP contribution in [0.15, 0.2) is 167 Å². The molecule has 10 rings (SSSR count). The van der Waals surface area contributed by atoms with E-state index < -0.39 is 0 Å². The topological polar surface area (TPSA) is 26.3 Å². The van der Waals surface area contributed by atoms with Gasteiger partial charge in [-0.15, -0.1) is 0 Å². The molecule has 0 saturated carbocycles. The summed E-state index contributed by atoms with van der Waals surface area (Å²) in [5.74, 6) is 0. The van der Waals surface area contributed by atoms with E-state index in [1.807, 2.05) is 24.3 Å². The molecular formula is C44H26O2. The smallest absolute Gasteiger partial charge is 0.144 e. The minimum atomic E-state index is 0.865. The van der Waals surface area contributed by atoms with Crippen LogP contribution in [0.2, 0.25) is 0 Å². The Labute approximate surface area is 264 Å². The fourth-order valence-electron chi connectivity index (χ4n) is 7.52. The lowest BCUT2D eigenvalue weighted by Gasteiger charge is -2.18. The van der Waals surface area contributed by atoms with Crippen molar-refractivity contribution in [3.05, 3.63) is 158 Å². The third-order valence-corrected chi connectivity index (χ3v) is 9.44. The Balaban J connectivity index is 1.32. The molecule has 0 unspecified atom stereocenters. The summed E-state index contributed by atoms with van der Waals surface area (Å²) < 4.78 is 13.2. The van der Waals surface area contributed by atoms with E-state index in [2.05, 4.69) is 133 Å². The summed E-state index contributed by atoms with van der Waals surface area (Å²) in [5.41, 5.74) is 10.5. The van der Waals surface area contributed by atoms with E-state index >= 15 is 0 Å². The first kappa shape index (κ1) is 25.2. The van der Waals surface area contributed by atoms with Gasteiger partial charge in [0, 0.05) is 27.1 Å². The Bertz CT molecular complexity index is 2730. The lowest BCUT2D eigenvalue weighted by atomic mass is 9.85. The van der Waals surface area contributed by atoms with Crippen molar-refractivity contribution < 1.29 is 8.83 Å². The van der Waals surface area contributed by atoms with Crippen molar-refractivity contribution in [2.45, 2.75) is 0 Å². The molecule has 8 aromatic carbocycles. The van der Waals surface area contributed by atoms with Gasteiger partial charge in [0.2, 0.25) is 0 Å². The lowest BCUT2D eigenvalue weighted by Crippen LogP contribution is -1.91. The molecule has 2 aromatic heterocycles. The number of para-hydroxylation sites is 2. The van der Waals surface area contributed by atoms with Gasteiger partial charge >= 0.3 is 0 Å². The largest absolute Gasteiger partial charge is 0.456 e. The second-order valence-corrected chi connectivity index (χ2v) is 12.0. The highest BCUT2D eigenvalue weighted by molar-refractivity contribution is 6.25. The highest BCUT2D eigenvalue weighted by Crippen LogP contribution is 2.47. The Kier molecular flexibility index (Phi) is 5.31. The standard InChI is InChI=1S/C44H26O2/c1-2-13-27(14-3-1)40-31-18-4-6-20-33(31)41(34-21-7-5-19-32(34)40)28-15-12-16-29(25-28)42-43-35-22-9-11-24-38(35)45-39(43)26-36-30-17-8-10-23-37(30)46-44(36)42/h1-26H. The van der Waals surface area contributed by atoms with Gasteiger partial charge in [-0.1, -0.05) is 133 Å². The Morgan fingerprint density at radius 2 is 0.761 bits per heavy atom. The molecule has 214 valence electrons. The molecule has 0 amide bonds. The van der Waals surface area contributed by atoms with Crippen molar-refractivity contribution in [3.8, 4) is 33.4 Å². The molecule has 0 saturated heterocycles. The molecule has 0 bridgehead atoms. The van der Waals surface area contributed by atoms with Gasteiger partial charge in [0.25, 0.3) is 0 Å². The molecule has 0 radical (unpaired) electrons. The first-order valence-electron chi connectivity index (χ1n) is 15.7. The Hall–Kier alpha value is -6.12. The summed E-state index contributed by atoms with van der Waals surface area (Å²) in [5, 5.41) is 9.27. The van der Waals surface area contributed by atoms with Gasteiger partial charge in [-0.05, 0) is 73.6 Å². The van der Waals surface area contributed by atoms with E-state index in [1.165, 1.54) is 43.8 Å². The van der Waals surface area contributed by atoms with E-state index in [0.717, 1.165) is 55.0 Å². The van der Waals surface area contributed by atoms with Crippen LogP contribution in [0.5, 0.6) is 0 Å². The minimum absolute atomic E-state index is 0.865. The third kappa shape index (κ3) is 3.59. The molecule has 0 aliphatic rings. The van der Waals surface area contributed by atoms with Gasteiger partial charge in [0.1, 0.15) is 22.3 Å². The van der Waals surface area contributed by atoms with Crippen molar-refractivity contribution in [2.75, 3.05) is 0 Å². The first-order chi connectivity index (χ1) is 22.8. The molecule has 0 aliphatic heterocycles. The van der Waals surface area contributed by atoms with Crippen LogP contribution in [0.25, 0.3) is 98.8 Å². The number of rotatable bonds is 3. The van der Waals surface area contributed by atoms with Gasteiger partial charge in [0.15, 0.2) is 0 Å². The van der Waals surface area contributed by atoms with E-state index in [9.17, 15) is 0 Å². The molecule has 2 heterocycles. The number of furan rings is 2. The highest BCUT2D eigenvalue weighted by atomic mass is 16.3. The van der Waals surface area contributed by atoms with Crippen LogP contribution < -0.4 is 0 Å². The molecule has 0 N–H and O–H groups in total. The molecule has 2 heteroatoms. The summed E-state index contributed by atoms with van der Waals surface area (Å²) in [7, 11) is 0. The number of hydrogen-bond donors (Lipinski definition) is 0. The van der Waals surface area contributed by atoms with E-state index in [-0.39, 0.29) is 0 Å². The fourth-order valence-corrected chi connectivity index (χ4v) is 7.52. The molecule has 0 fully saturated rings. The second kappa shape index (κ2) is 9.69. The Morgan fingerprint density at radius 3 is 1.41 bits per heavy atom. The van der Waals surface area contributed by atoms with Crippen molar-refractivity contribution >= 4 is 65.4 Å². The van der Waals surface area contributed by atoms with Crippen molar-refractivity contribution in [1.82, 2.24) is 0 Å². The first-order valence-corrected chi connectivity index (χ1v) is 15.7. The van der Waals surface area contributed by atoms with Gasteiger partial charge in [-0.25, -0.2) is 0 Å². The predicted octanol–water partition coefficient (Wildman–Crippen LogP) is 12.8. The molecule has 0 spiro atoms. The fraction of sp³-hybridized carbons (Fsp3) is 0.